The predicted octanol–water partition coefficient (Wildman–Crippen LogP) is 1.77. The molecule has 1 atom stereocenters. The number of carbonyl (C=O) groups is 1. The number of hydrogen-bond acceptors (Lipinski definition) is 6. The number of amides is 1. The van der Waals surface area contributed by atoms with Crippen LogP contribution in [-0.2, 0) is 14.3 Å². The molecule has 3 saturated heterocycles. The number of rotatable bonds is 2. The molecule has 0 aromatic carbocycles. The normalized spacial score (nSPS) is 27.4. The van der Waals surface area contributed by atoms with E-state index in [-0.39, 0.29) is 17.4 Å². The molecule has 1 amide bonds. The fourth-order valence-corrected chi connectivity index (χ4v) is 4.68. The molecule has 3 aliphatic heterocycles. The Morgan fingerprint density at radius 1 is 1.29 bits per heavy atom. The van der Waals surface area contributed by atoms with Crippen LogP contribution in [0, 0.1) is 5.41 Å². The van der Waals surface area contributed by atoms with E-state index in [1.807, 2.05) is 16.5 Å². The maximum Gasteiger partial charge on any atom is 0.251 e. The highest BCUT2D eigenvalue weighted by Gasteiger charge is 2.41. The van der Waals surface area contributed by atoms with Crippen LogP contribution in [0.2, 0.25) is 0 Å². The van der Waals surface area contributed by atoms with Gasteiger partial charge in [-0.25, -0.2) is 4.98 Å². The summed E-state index contributed by atoms with van der Waals surface area (Å²) in [5, 5.41) is 3.11. The first kappa shape index (κ1) is 16.3. The standard InChI is InChI=1S/C17H25N3O3S/c21-15(14-2-1-9-23-14)19-6-3-17(4-7-19)12-20(8-10-22-13-17)16-18-5-11-24-16/h5,11,14H,1-4,6-10,12-13H2. The van der Waals surface area contributed by atoms with Gasteiger partial charge in [0.05, 0.1) is 13.2 Å². The van der Waals surface area contributed by atoms with Gasteiger partial charge in [0, 0.05) is 49.8 Å². The molecule has 1 unspecified atom stereocenters. The largest absolute Gasteiger partial charge is 0.379 e. The van der Waals surface area contributed by atoms with E-state index in [9.17, 15) is 4.79 Å². The van der Waals surface area contributed by atoms with E-state index in [4.69, 9.17) is 9.47 Å². The molecule has 0 aliphatic carbocycles. The monoisotopic (exact) mass is 351 g/mol. The van der Waals surface area contributed by atoms with Gasteiger partial charge in [-0.05, 0) is 25.7 Å². The third-order valence-corrected chi connectivity index (χ3v) is 6.30. The van der Waals surface area contributed by atoms with Crippen molar-refractivity contribution in [1.29, 1.82) is 0 Å². The Hall–Kier alpha value is -1.18. The van der Waals surface area contributed by atoms with E-state index in [1.165, 1.54) is 0 Å². The van der Waals surface area contributed by atoms with Gasteiger partial charge in [-0.15, -0.1) is 11.3 Å². The van der Waals surface area contributed by atoms with Gasteiger partial charge < -0.3 is 19.3 Å². The molecule has 1 aromatic rings. The Morgan fingerprint density at radius 3 is 2.88 bits per heavy atom. The van der Waals surface area contributed by atoms with Crippen LogP contribution in [0.5, 0.6) is 0 Å². The molecule has 7 heteroatoms. The average Bonchev–Trinajstić information content (AvgIpc) is 3.29. The lowest BCUT2D eigenvalue weighted by atomic mass is 9.78. The second-order valence-corrected chi connectivity index (χ2v) is 7.99. The molecule has 1 spiro atoms. The van der Waals surface area contributed by atoms with Gasteiger partial charge in [-0.1, -0.05) is 0 Å². The molecule has 0 bridgehead atoms. The molecule has 3 fully saturated rings. The first-order valence-corrected chi connectivity index (χ1v) is 9.76. The SMILES string of the molecule is O=C(C1CCCO1)N1CCC2(CC1)COCCN(c1nccs1)C2. The van der Waals surface area contributed by atoms with Gasteiger partial charge in [-0.3, -0.25) is 4.79 Å². The van der Waals surface area contributed by atoms with Gasteiger partial charge in [-0.2, -0.15) is 0 Å². The summed E-state index contributed by atoms with van der Waals surface area (Å²) in [7, 11) is 0. The summed E-state index contributed by atoms with van der Waals surface area (Å²) in [5.74, 6) is 0.189. The third kappa shape index (κ3) is 3.30. The second kappa shape index (κ2) is 6.98. The molecule has 132 valence electrons. The zero-order chi connectivity index (χ0) is 16.4. The number of aromatic nitrogens is 1. The summed E-state index contributed by atoms with van der Waals surface area (Å²) in [6.45, 7) is 5.76. The minimum Gasteiger partial charge on any atom is -0.379 e. The zero-order valence-electron chi connectivity index (χ0n) is 14.0. The van der Waals surface area contributed by atoms with Gasteiger partial charge in [0.25, 0.3) is 5.91 Å². The van der Waals surface area contributed by atoms with Crippen molar-refractivity contribution in [3.8, 4) is 0 Å². The van der Waals surface area contributed by atoms with Crippen LogP contribution in [0.4, 0.5) is 5.13 Å². The number of thiazole rings is 1. The van der Waals surface area contributed by atoms with Crippen molar-refractivity contribution in [2.45, 2.75) is 31.8 Å². The van der Waals surface area contributed by atoms with Crippen LogP contribution in [0.1, 0.15) is 25.7 Å². The Kier molecular flexibility index (Phi) is 4.74. The number of ether oxygens (including phenoxy) is 2. The number of likely N-dealkylation sites (tertiary alicyclic amines) is 1. The van der Waals surface area contributed by atoms with E-state index < -0.39 is 0 Å². The summed E-state index contributed by atoms with van der Waals surface area (Å²) in [6, 6.07) is 0. The predicted molar refractivity (Wildman–Crippen MR) is 92.4 cm³/mol. The Balaban J connectivity index is 1.40. The van der Waals surface area contributed by atoms with Crippen LogP contribution in [-0.4, -0.2) is 67.9 Å². The van der Waals surface area contributed by atoms with Crippen LogP contribution in [0.25, 0.3) is 0 Å². The highest BCUT2D eigenvalue weighted by molar-refractivity contribution is 7.13. The molecule has 4 rings (SSSR count). The van der Waals surface area contributed by atoms with Gasteiger partial charge in [0.2, 0.25) is 0 Å². The second-order valence-electron chi connectivity index (χ2n) is 7.12. The highest BCUT2D eigenvalue weighted by Crippen LogP contribution is 2.36. The summed E-state index contributed by atoms with van der Waals surface area (Å²) < 4.78 is 11.5. The van der Waals surface area contributed by atoms with Crippen molar-refractivity contribution in [1.82, 2.24) is 9.88 Å². The summed E-state index contributed by atoms with van der Waals surface area (Å²) in [6.07, 6.45) is 5.53. The van der Waals surface area contributed by atoms with E-state index in [0.29, 0.717) is 0 Å². The molecular weight excluding hydrogens is 326 g/mol. The van der Waals surface area contributed by atoms with E-state index in [1.54, 1.807) is 11.3 Å². The van der Waals surface area contributed by atoms with Crippen molar-refractivity contribution >= 4 is 22.4 Å². The van der Waals surface area contributed by atoms with Crippen molar-refractivity contribution in [3.63, 3.8) is 0 Å². The smallest absolute Gasteiger partial charge is 0.251 e. The molecule has 3 aliphatic rings. The summed E-state index contributed by atoms with van der Waals surface area (Å²) >= 11 is 1.69. The first-order valence-electron chi connectivity index (χ1n) is 8.88. The molecule has 1 aromatic heterocycles. The van der Waals surface area contributed by atoms with Gasteiger partial charge in [0.15, 0.2) is 5.13 Å². The summed E-state index contributed by atoms with van der Waals surface area (Å²) in [4.78, 5) is 21.4. The van der Waals surface area contributed by atoms with Crippen molar-refractivity contribution in [2.24, 2.45) is 5.41 Å². The zero-order valence-corrected chi connectivity index (χ0v) is 14.8. The first-order chi connectivity index (χ1) is 11.8. The van der Waals surface area contributed by atoms with E-state index >= 15 is 0 Å². The van der Waals surface area contributed by atoms with Crippen LogP contribution in [0.3, 0.4) is 0 Å². The summed E-state index contributed by atoms with van der Waals surface area (Å²) in [5.41, 5.74) is 0.134. The van der Waals surface area contributed by atoms with Crippen LogP contribution in [0.15, 0.2) is 11.6 Å². The van der Waals surface area contributed by atoms with E-state index in [0.717, 1.165) is 76.8 Å². The molecule has 0 radical (unpaired) electrons. The third-order valence-electron chi connectivity index (χ3n) is 5.47. The lowest BCUT2D eigenvalue weighted by Crippen LogP contribution is -2.51. The highest BCUT2D eigenvalue weighted by atomic mass is 32.1. The van der Waals surface area contributed by atoms with Gasteiger partial charge >= 0.3 is 0 Å². The molecule has 0 saturated carbocycles. The topological polar surface area (TPSA) is 54.9 Å². The molecular formula is C17H25N3O3S. The Bertz CT molecular complexity index is 551. The average molecular weight is 351 g/mol. The Labute approximate surface area is 146 Å². The maximum atomic E-state index is 12.5. The van der Waals surface area contributed by atoms with Crippen LogP contribution >= 0.6 is 11.3 Å². The number of carbonyl (C=O) groups excluding carboxylic acids is 1. The number of piperidine rings is 1. The van der Waals surface area contributed by atoms with Crippen molar-refractivity contribution in [3.05, 3.63) is 11.6 Å². The Morgan fingerprint density at radius 2 is 2.17 bits per heavy atom. The number of hydrogen-bond donors (Lipinski definition) is 0. The molecule has 4 heterocycles. The number of anilines is 1. The number of nitrogens with zero attached hydrogens (tertiary/aromatic N) is 3. The fraction of sp³-hybridized carbons (Fsp3) is 0.765. The molecule has 0 N–H and O–H groups in total. The minimum absolute atomic E-state index is 0.134. The van der Waals surface area contributed by atoms with E-state index in [2.05, 4.69) is 9.88 Å². The molecule has 6 nitrogen and oxygen atoms in total. The van der Waals surface area contributed by atoms with Crippen molar-refractivity contribution < 1.29 is 14.3 Å². The van der Waals surface area contributed by atoms with Crippen LogP contribution < -0.4 is 4.90 Å². The lowest BCUT2D eigenvalue weighted by molar-refractivity contribution is -0.143. The fourth-order valence-electron chi connectivity index (χ4n) is 4.01. The molecule has 24 heavy (non-hydrogen) atoms. The quantitative estimate of drug-likeness (QED) is 0.813. The maximum absolute atomic E-state index is 12.5. The lowest BCUT2D eigenvalue weighted by Gasteiger charge is -2.43. The van der Waals surface area contributed by atoms with Crippen molar-refractivity contribution in [2.75, 3.05) is 50.9 Å². The minimum atomic E-state index is -0.198. The van der Waals surface area contributed by atoms with Gasteiger partial charge in [0.1, 0.15) is 6.10 Å².